The second-order valence-electron chi connectivity index (χ2n) is 3.49. The van der Waals surface area contributed by atoms with Gasteiger partial charge in [0.1, 0.15) is 0 Å². The first kappa shape index (κ1) is 10.2. The molecule has 13 heavy (non-hydrogen) atoms. The molecule has 1 amide bonds. The van der Waals surface area contributed by atoms with Crippen molar-refractivity contribution in [2.45, 2.75) is 31.6 Å². The topological polar surface area (TPSA) is 49.3 Å². The van der Waals surface area contributed by atoms with Gasteiger partial charge in [-0.1, -0.05) is 0 Å². The maximum atomic E-state index is 12.6. The maximum Gasteiger partial charge on any atom is 0.404 e. The number of nitrogens with one attached hydrogen (secondary N) is 1. The largest absolute Gasteiger partial charge is 0.465 e. The van der Waals surface area contributed by atoms with E-state index in [9.17, 15) is 13.6 Å². The minimum atomic E-state index is -2.53. The fourth-order valence-corrected chi connectivity index (χ4v) is 1.54. The van der Waals surface area contributed by atoms with E-state index in [2.05, 4.69) is 5.32 Å². The molecule has 0 heterocycles. The van der Waals surface area contributed by atoms with E-state index >= 15 is 0 Å². The van der Waals surface area contributed by atoms with Crippen LogP contribution in [0.25, 0.3) is 0 Å². The van der Waals surface area contributed by atoms with Gasteiger partial charge in [0.05, 0.1) is 0 Å². The van der Waals surface area contributed by atoms with E-state index < -0.39 is 12.0 Å². The molecule has 1 fully saturated rings. The first-order valence-corrected chi connectivity index (χ1v) is 4.34. The summed E-state index contributed by atoms with van der Waals surface area (Å²) in [6.07, 6.45) is -0.490. The molecule has 1 aliphatic carbocycles. The first-order chi connectivity index (χ1) is 5.99. The van der Waals surface area contributed by atoms with Crippen LogP contribution < -0.4 is 5.32 Å². The monoisotopic (exact) mass is 193 g/mol. The Labute approximate surface area is 75.1 Å². The lowest BCUT2D eigenvalue weighted by Gasteiger charge is -2.27. The molecule has 0 saturated heterocycles. The van der Waals surface area contributed by atoms with Gasteiger partial charge >= 0.3 is 6.09 Å². The Morgan fingerprint density at radius 2 is 2.00 bits per heavy atom. The Kier molecular flexibility index (Phi) is 3.06. The summed E-state index contributed by atoms with van der Waals surface area (Å²) in [6, 6.07) is 0. The quantitative estimate of drug-likeness (QED) is 0.705. The molecule has 0 aromatic heterocycles. The van der Waals surface area contributed by atoms with E-state index in [4.69, 9.17) is 5.11 Å². The first-order valence-electron chi connectivity index (χ1n) is 4.34. The van der Waals surface area contributed by atoms with E-state index in [0.717, 1.165) is 0 Å². The van der Waals surface area contributed by atoms with Gasteiger partial charge in [-0.05, 0) is 18.8 Å². The van der Waals surface area contributed by atoms with Crippen molar-refractivity contribution in [1.29, 1.82) is 0 Å². The molecule has 0 aromatic carbocycles. The molecular weight excluding hydrogens is 180 g/mol. The Morgan fingerprint density at radius 3 is 2.46 bits per heavy atom. The number of halogens is 2. The maximum absolute atomic E-state index is 12.6. The minimum Gasteiger partial charge on any atom is -0.465 e. The average Bonchev–Trinajstić information content (AvgIpc) is 2.02. The van der Waals surface area contributed by atoms with Gasteiger partial charge in [0.15, 0.2) is 0 Å². The molecule has 5 heteroatoms. The van der Waals surface area contributed by atoms with Gasteiger partial charge in [0.25, 0.3) is 0 Å². The van der Waals surface area contributed by atoms with Gasteiger partial charge in [-0.2, -0.15) is 0 Å². The fraction of sp³-hybridized carbons (Fsp3) is 0.875. The average molecular weight is 193 g/mol. The third-order valence-corrected chi connectivity index (χ3v) is 2.38. The zero-order chi connectivity index (χ0) is 9.90. The Hall–Kier alpha value is -0.870. The number of alkyl halides is 2. The second-order valence-corrected chi connectivity index (χ2v) is 3.49. The number of rotatable bonds is 2. The van der Waals surface area contributed by atoms with Crippen LogP contribution in [0, 0.1) is 5.92 Å². The SMILES string of the molecule is O=C(O)NCC1CCC(F)(F)CC1. The van der Waals surface area contributed by atoms with Crippen LogP contribution in [-0.2, 0) is 0 Å². The highest BCUT2D eigenvalue weighted by atomic mass is 19.3. The molecule has 1 rings (SSSR count). The van der Waals surface area contributed by atoms with Crippen molar-refractivity contribution in [2.75, 3.05) is 6.54 Å². The summed E-state index contributed by atoms with van der Waals surface area (Å²) >= 11 is 0. The summed E-state index contributed by atoms with van der Waals surface area (Å²) in [7, 11) is 0. The van der Waals surface area contributed by atoms with Crippen LogP contribution in [0.15, 0.2) is 0 Å². The van der Waals surface area contributed by atoms with E-state index in [-0.39, 0.29) is 18.8 Å². The third kappa shape index (κ3) is 3.57. The van der Waals surface area contributed by atoms with Crippen LogP contribution in [0.5, 0.6) is 0 Å². The van der Waals surface area contributed by atoms with Crippen molar-refractivity contribution < 1.29 is 18.7 Å². The summed E-state index contributed by atoms with van der Waals surface area (Å²) < 4.78 is 25.3. The molecule has 0 radical (unpaired) electrons. The highest BCUT2D eigenvalue weighted by Gasteiger charge is 2.34. The molecule has 0 aromatic rings. The normalized spacial score (nSPS) is 22.6. The molecule has 0 bridgehead atoms. The molecular formula is C8H13F2NO2. The highest BCUT2D eigenvalue weighted by molar-refractivity contribution is 5.64. The van der Waals surface area contributed by atoms with Gasteiger partial charge < -0.3 is 10.4 Å². The standard InChI is InChI=1S/C8H13F2NO2/c9-8(10)3-1-6(2-4-8)5-11-7(12)13/h6,11H,1-5H2,(H,12,13). The van der Waals surface area contributed by atoms with E-state index in [1.165, 1.54) is 0 Å². The van der Waals surface area contributed by atoms with Crippen LogP contribution >= 0.6 is 0 Å². The third-order valence-electron chi connectivity index (χ3n) is 2.38. The van der Waals surface area contributed by atoms with Crippen LogP contribution in [0.2, 0.25) is 0 Å². The number of carboxylic acid groups (broad SMARTS) is 1. The van der Waals surface area contributed by atoms with Gasteiger partial charge in [0, 0.05) is 19.4 Å². The van der Waals surface area contributed by atoms with E-state index in [1.807, 2.05) is 0 Å². The molecule has 0 unspecified atom stereocenters. The predicted molar refractivity (Wildman–Crippen MR) is 42.9 cm³/mol. The predicted octanol–water partition coefficient (Wildman–Crippen LogP) is 2.08. The zero-order valence-corrected chi connectivity index (χ0v) is 7.22. The van der Waals surface area contributed by atoms with Gasteiger partial charge in [-0.25, -0.2) is 13.6 Å². The van der Waals surface area contributed by atoms with Crippen molar-refractivity contribution in [3.05, 3.63) is 0 Å². The molecule has 0 atom stereocenters. The molecule has 2 N–H and O–H groups in total. The van der Waals surface area contributed by atoms with Crippen molar-refractivity contribution in [1.82, 2.24) is 5.32 Å². The van der Waals surface area contributed by atoms with Crippen LogP contribution in [-0.4, -0.2) is 23.7 Å². The summed E-state index contributed by atoms with van der Waals surface area (Å²) in [6.45, 7) is 0.297. The van der Waals surface area contributed by atoms with Crippen molar-refractivity contribution in [3.8, 4) is 0 Å². The van der Waals surface area contributed by atoms with Crippen molar-refractivity contribution in [2.24, 2.45) is 5.92 Å². The van der Waals surface area contributed by atoms with E-state index in [1.54, 1.807) is 0 Å². The van der Waals surface area contributed by atoms with Crippen molar-refractivity contribution in [3.63, 3.8) is 0 Å². The summed E-state index contributed by atoms with van der Waals surface area (Å²) in [4.78, 5) is 10.1. The zero-order valence-electron chi connectivity index (χ0n) is 7.22. The van der Waals surface area contributed by atoms with E-state index in [0.29, 0.717) is 19.4 Å². The lowest BCUT2D eigenvalue weighted by Crippen LogP contribution is -2.33. The van der Waals surface area contributed by atoms with Gasteiger partial charge in [-0.3, -0.25) is 0 Å². The summed E-state index contributed by atoms with van der Waals surface area (Å²) in [5.74, 6) is -2.45. The molecule has 1 aliphatic rings. The smallest absolute Gasteiger partial charge is 0.404 e. The van der Waals surface area contributed by atoms with Crippen LogP contribution in [0.4, 0.5) is 13.6 Å². The molecule has 1 saturated carbocycles. The Morgan fingerprint density at radius 1 is 1.46 bits per heavy atom. The lowest BCUT2D eigenvalue weighted by molar-refractivity contribution is -0.0452. The second kappa shape index (κ2) is 3.89. The summed E-state index contributed by atoms with van der Waals surface area (Å²) in [5, 5.41) is 10.5. The summed E-state index contributed by atoms with van der Waals surface area (Å²) in [5.41, 5.74) is 0. The molecule has 0 aliphatic heterocycles. The number of carbonyl (C=O) groups is 1. The number of hydrogen-bond acceptors (Lipinski definition) is 1. The Bertz CT molecular complexity index is 187. The van der Waals surface area contributed by atoms with Gasteiger partial charge in [-0.15, -0.1) is 0 Å². The lowest BCUT2D eigenvalue weighted by atomic mass is 9.87. The Balaban J connectivity index is 2.21. The minimum absolute atomic E-state index is 0.0794. The van der Waals surface area contributed by atoms with Gasteiger partial charge in [0.2, 0.25) is 5.92 Å². The number of hydrogen-bond donors (Lipinski definition) is 2. The fourth-order valence-electron chi connectivity index (χ4n) is 1.54. The highest BCUT2D eigenvalue weighted by Crippen LogP contribution is 2.35. The number of amides is 1. The van der Waals surface area contributed by atoms with Crippen LogP contribution in [0.1, 0.15) is 25.7 Å². The van der Waals surface area contributed by atoms with Crippen molar-refractivity contribution >= 4 is 6.09 Å². The molecule has 0 spiro atoms. The molecule has 76 valence electrons. The van der Waals surface area contributed by atoms with Crippen LogP contribution in [0.3, 0.4) is 0 Å². The molecule has 3 nitrogen and oxygen atoms in total.